The van der Waals surface area contributed by atoms with Gasteiger partial charge in [-0.1, -0.05) is 84.3 Å². The third-order valence-corrected chi connectivity index (χ3v) is 7.30. The molecular weight excluding hydrogens is 418 g/mol. The van der Waals surface area contributed by atoms with Gasteiger partial charge in [0.1, 0.15) is 0 Å². The van der Waals surface area contributed by atoms with E-state index in [1.807, 2.05) is 26.0 Å². The highest BCUT2D eigenvalue weighted by Gasteiger charge is 2.15. The SMILES string of the molecule is CCCCCCCCCc1ccc(O[P+](=O)O)cc1.CCCCP(=O)(O)CCCC. The zero-order chi connectivity index (χ0) is 22.7. The lowest BCUT2D eigenvalue weighted by molar-refractivity contribution is 0.410. The van der Waals surface area contributed by atoms with E-state index in [4.69, 9.17) is 9.42 Å². The van der Waals surface area contributed by atoms with Crippen molar-refractivity contribution in [1.82, 2.24) is 0 Å². The summed E-state index contributed by atoms with van der Waals surface area (Å²) >= 11 is 0. The first kappa shape index (κ1) is 29.3. The Hall–Kier alpha value is -0.730. The molecule has 1 aromatic rings. The van der Waals surface area contributed by atoms with Crippen LogP contribution in [0.25, 0.3) is 0 Å². The molecule has 1 rings (SSSR count). The second kappa shape index (κ2) is 19.0. The predicted octanol–water partition coefficient (Wildman–Crippen LogP) is 7.87. The summed E-state index contributed by atoms with van der Waals surface area (Å²) in [6.45, 7) is 6.32. The molecule has 30 heavy (non-hydrogen) atoms. The van der Waals surface area contributed by atoms with Crippen LogP contribution >= 0.6 is 15.6 Å². The quantitative estimate of drug-likeness (QED) is 0.193. The molecule has 0 saturated carbocycles. The van der Waals surface area contributed by atoms with E-state index in [0.717, 1.165) is 32.1 Å². The minimum atomic E-state index is -2.73. The number of rotatable bonds is 16. The highest BCUT2D eigenvalue weighted by atomic mass is 31.2. The number of hydrogen-bond donors (Lipinski definition) is 2. The Balaban J connectivity index is 0.000000654. The van der Waals surface area contributed by atoms with Crippen molar-refractivity contribution in [3.05, 3.63) is 29.8 Å². The minimum Gasteiger partial charge on any atom is -0.344 e. The fourth-order valence-electron chi connectivity index (χ4n) is 3.02. The molecule has 1 atom stereocenters. The Morgan fingerprint density at radius 2 is 1.27 bits per heavy atom. The summed E-state index contributed by atoms with van der Waals surface area (Å²) in [5, 5.41) is 0. The summed E-state index contributed by atoms with van der Waals surface area (Å²) in [4.78, 5) is 18.0. The molecule has 1 aromatic carbocycles. The molecule has 0 radical (unpaired) electrons. The van der Waals surface area contributed by atoms with E-state index >= 15 is 0 Å². The maximum absolute atomic E-state index is 11.3. The maximum Gasteiger partial charge on any atom is 0.747 e. The second-order valence-corrected chi connectivity index (χ2v) is 11.1. The van der Waals surface area contributed by atoms with Crippen LogP contribution in [0.1, 0.15) is 97.0 Å². The predicted molar refractivity (Wildman–Crippen MR) is 128 cm³/mol. The molecule has 0 aliphatic heterocycles. The topological polar surface area (TPSA) is 83.8 Å². The standard InChI is InChI=1S/C15H23O3P.C8H19O2P/c1-2-3-4-5-6-7-8-9-14-10-12-15(13-11-14)18-19(16)17;1-3-5-7-11(9,10)8-6-4-2/h10-13H,2-9H2,1H3;3-8H2,1-2H3,(H,9,10)/p+1. The fourth-order valence-corrected chi connectivity index (χ4v) is 5.16. The molecule has 0 aliphatic rings. The van der Waals surface area contributed by atoms with Crippen LogP contribution in [0.15, 0.2) is 24.3 Å². The van der Waals surface area contributed by atoms with Gasteiger partial charge in [0.15, 0.2) is 5.75 Å². The Bertz CT molecular complexity index is 578. The first-order valence-corrected chi connectivity index (χ1v) is 14.7. The van der Waals surface area contributed by atoms with Crippen LogP contribution in [0.4, 0.5) is 0 Å². The smallest absolute Gasteiger partial charge is 0.344 e. The van der Waals surface area contributed by atoms with E-state index in [-0.39, 0.29) is 0 Å². The van der Waals surface area contributed by atoms with Crippen LogP contribution in [0.2, 0.25) is 0 Å². The molecule has 5 nitrogen and oxygen atoms in total. The summed E-state index contributed by atoms with van der Waals surface area (Å²) < 4.78 is 26.5. The summed E-state index contributed by atoms with van der Waals surface area (Å²) in [5.74, 6) is 0.451. The van der Waals surface area contributed by atoms with Crippen LogP contribution in [0.5, 0.6) is 5.75 Å². The molecule has 0 bridgehead atoms. The lowest BCUT2D eigenvalue weighted by Gasteiger charge is -2.09. The first-order chi connectivity index (χ1) is 14.3. The summed E-state index contributed by atoms with van der Waals surface area (Å²) in [5.41, 5.74) is 1.26. The van der Waals surface area contributed by atoms with Crippen molar-refractivity contribution in [2.45, 2.75) is 97.8 Å². The van der Waals surface area contributed by atoms with Crippen LogP contribution in [-0.2, 0) is 15.6 Å². The summed E-state index contributed by atoms with van der Waals surface area (Å²) in [6, 6.07) is 7.43. The van der Waals surface area contributed by atoms with Crippen molar-refractivity contribution in [3.63, 3.8) is 0 Å². The van der Waals surface area contributed by atoms with Crippen LogP contribution in [0.3, 0.4) is 0 Å². The molecule has 0 amide bonds. The van der Waals surface area contributed by atoms with Gasteiger partial charge in [0.2, 0.25) is 7.37 Å². The van der Waals surface area contributed by atoms with E-state index in [1.54, 1.807) is 12.1 Å². The molecule has 0 spiro atoms. The van der Waals surface area contributed by atoms with Crippen molar-refractivity contribution >= 4 is 15.6 Å². The van der Waals surface area contributed by atoms with Gasteiger partial charge in [-0.2, -0.15) is 0 Å². The van der Waals surface area contributed by atoms with Crippen molar-refractivity contribution in [1.29, 1.82) is 0 Å². The average Bonchev–Trinajstić information content (AvgIpc) is 2.71. The van der Waals surface area contributed by atoms with Gasteiger partial charge in [0, 0.05) is 16.9 Å². The molecule has 0 saturated heterocycles. The van der Waals surface area contributed by atoms with Crippen molar-refractivity contribution in [2.24, 2.45) is 0 Å². The zero-order valence-electron chi connectivity index (χ0n) is 19.2. The van der Waals surface area contributed by atoms with E-state index in [9.17, 15) is 14.0 Å². The molecule has 0 heterocycles. The van der Waals surface area contributed by atoms with Crippen molar-refractivity contribution in [3.8, 4) is 5.75 Å². The normalized spacial score (nSPS) is 11.6. The molecular formula is C23H43O5P2+. The Morgan fingerprint density at radius 3 is 1.73 bits per heavy atom. The van der Waals surface area contributed by atoms with Crippen LogP contribution in [0, 0.1) is 0 Å². The number of aryl methyl sites for hydroxylation is 1. The molecule has 2 N–H and O–H groups in total. The minimum absolute atomic E-state index is 0.451. The van der Waals surface area contributed by atoms with Crippen LogP contribution in [-0.4, -0.2) is 22.1 Å². The van der Waals surface area contributed by atoms with E-state index < -0.39 is 15.6 Å². The number of unbranched alkanes of at least 4 members (excludes halogenated alkanes) is 8. The molecule has 174 valence electrons. The van der Waals surface area contributed by atoms with Gasteiger partial charge < -0.3 is 4.89 Å². The monoisotopic (exact) mass is 461 g/mol. The fraction of sp³-hybridized carbons (Fsp3) is 0.739. The molecule has 1 unspecified atom stereocenters. The maximum atomic E-state index is 11.3. The first-order valence-electron chi connectivity index (χ1n) is 11.6. The highest BCUT2D eigenvalue weighted by molar-refractivity contribution is 7.57. The largest absolute Gasteiger partial charge is 0.747 e. The lowest BCUT2D eigenvalue weighted by atomic mass is 10.0. The van der Waals surface area contributed by atoms with Crippen LogP contribution < -0.4 is 4.52 Å². The van der Waals surface area contributed by atoms with Gasteiger partial charge in [0.05, 0.1) is 0 Å². The van der Waals surface area contributed by atoms with Gasteiger partial charge in [0.25, 0.3) is 0 Å². The molecule has 0 aliphatic carbocycles. The van der Waals surface area contributed by atoms with Gasteiger partial charge in [-0.25, -0.2) is 4.52 Å². The summed E-state index contributed by atoms with van der Waals surface area (Å²) in [7, 11) is -5.28. The third-order valence-electron chi connectivity index (χ3n) is 4.90. The third kappa shape index (κ3) is 18.1. The number of hydrogen-bond acceptors (Lipinski definition) is 3. The average molecular weight is 462 g/mol. The van der Waals surface area contributed by atoms with Gasteiger partial charge in [-0.05, 0) is 43.4 Å². The Kier molecular flexibility index (Phi) is 18.5. The number of benzene rings is 1. The zero-order valence-corrected chi connectivity index (χ0v) is 21.0. The van der Waals surface area contributed by atoms with Gasteiger partial charge in [-0.15, -0.1) is 4.89 Å². The van der Waals surface area contributed by atoms with Gasteiger partial charge in [-0.3, -0.25) is 4.57 Å². The van der Waals surface area contributed by atoms with Crippen molar-refractivity contribution < 1.29 is 23.4 Å². The van der Waals surface area contributed by atoms with Gasteiger partial charge >= 0.3 is 8.25 Å². The molecule has 0 aromatic heterocycles. The second-order valence-electron chi connectivity index (χ2n) is 7.85. The lowest BCUT2D eigenvalue weighted by Crippen LogP contribution is -1.93. The Morgan fingerprint density at radius 1 is 0.800 bits per heavy atom. The highest BCUT2D eigenvalue weighted by Crippen LogP contribution is 2.42. The molecule has 7 heteroatoms. The summed E-state index contributed by atoms with van der Waals surface area (Å²) in [6.07, 6.45) is 15.1. The van der Waals surface area contributed by atoms with E-state index in [2.05, 4.69) is 6.92 Å². The molecule has 0 fully saturated rings. The van der Waals surface area contributed by atoms with Crippen molar-refractivity contribution in [2.75, 3.05) is 12.3 Å². The Labute approximate surface area is 185 Å². The van der Waals surface area contributed by atoms with E-state index in [0.29, 0.717) is 18.1 Å². The van der Waals surface area contributed by atoms with E-state index in [1.165, 1.54) is 50.5 Å².